The summed E-state index contributed by atoms with van der Waals surface area (Å²) in [5.74, 6) is -0.108. The number of aromatic nitrogens is 1. The molecule has 0 saturated carbocycles. The number of carbonyl (C=O) groups is 1. The first-order valence-electron chi connectivity index (χ1n) is 6.82. The van der Waals surface area contributed by atoms with Crippen molar-refractivity contribution in [3.8, 4) is 6.07 Å². The van der Waals surface area contributed by atoms with Gasteiger partial charge in [0.1, 0.15) is 4.88 Å². The van der Waals surface area contributed by atoms with E-state index in [0.717, 1.165) is 21.5 Å². The first-order chi connectivity index (χ1) is 9.99. The normalized spacial score (nSPS) is 10.6. The van der Waals surface area contributed by atoms with Crippen LogP contribution in [0.2, 0.25) is 0 Å². The lowest BCUT2D eigenvalue weighted by Crippen LogP contribution is -2.31. The van der Waals surface area contributed by atoms with E-state index in [1.165, 1.54) is 11.3 Å². The Hall–Kier alpha value is -2.13. The van der Waals surface area contributed by atoms with Gasteiger partial charge in [0.25, 0.3) is 5.91 Å². The van der Waals surface area contributed by atoms with Crippen molar-refractivity contribution < 1.29 is 4.79 Å². The highest BCUT2D eigenvalue weighted by molar-refractivity contribution is 7.21. The summed E-state index contributed by atoms with van der Waals surface area (Å²) in [6.07, 6.45) is 0.323. The molecule has 0 atom stereocenters. The molecule has 21 heavy (non-hydrogen) atoms. The molecule has 0 aliphatic rings. The lowest BCUT2D eigenvalue weighted by Gasteiger charge is -2.18. The Morgan fingerprint density at radius 2 is 2.24 bits per heavy atom. The predicted molar refractivity (Wildman–Crippen MR) is 85.3 cm³/mol. The quantitative estimate of drug-likeness (QED) is 0.941. The van der Waals surface area contributed by atoms with Crippen molar-refractivity contribution >= 4 is 33.0 Å². The third kappa shape index (κ3) is 2.83. The third-order valence-electron chi connectivity index (χ3n) is 3.37. The highest BCUT2D eigenvalue weighted by Crippen LogP contribution is 2.36. The van der Waals surface area contributed by atoms with Crippen molar-refractivity contribution in [3.05, 3.63) is 22.3 Å². The molecule has 0 fully saturated rings. The van der Waals surface area contributed by atoms with E-state index < -0.39 is 0 Å². The Morgan fingerprint density at radius 3 is 2.86 bits per heavy atom. The van der Waals surface area contributed by atoms with Crippen LogP contribution < -0.4 is 5.73 Å². The van der Waals surface area contributed by atoms with Crippen molar-refractivity contribution in [2.75, 3.05) is 18.8 Å². The number of anilines is 1. The van der Waals surface area contributed by atoms with Crippen molar-refractivity contribution in [1.82, 2.24) is 9.88 Å². The monoisotopic (exact) mass is 302 g/mol. The minimum atomic E-state index is -0.108. The zero-order valence-electron chi connectivity index (χ0n) is 12.4. The minimum Gasteiger partial charge on any atom is -0.397 e. The highest BCUT2D eigenvalue weighted by Gasteiger charge is 2.22. The number of nitriles is 1. The number of nitrogens with zero attached hydrogens (tertiary/aromatic N) is 3. The van der Waals surface area contributed by atoms with Crippen LogP contribution in [-0.2, 0) is 0 Å². The lowest BCUT2D eigenvalue weighted by atomic mass is 10.2. The van der Waals surface area contributed by atoms with E-state index in [1.807, 2.05) is 26.8 Å². The van der Waals surface area contributed by atoms with E-state index in [-0.39, 0.29) is 5.91 Å². The van der Waals surface area contributed by atoms with Crippen LogP contribution in [-0.4, -0.2) is 28.9 Å². The van der Waals surface area contributed by atoms with Gasteiger partial charge in [-0.25, -0.2) is 0 Å². The second-order valence-corrected chi connectivity index (χ2v) is 5.91. The van der Waals surface area contributed by atoms with Gasteiger partial charge in [-0.1, -0.05) is 0 Å². The maximum absolute atomic E-state index is 12.6. The van der Waals surface area contributed by atoms with Crippen LogP contribution in [0.5, 0.6) is 0 Å². The summed E-state index contributed by atoms with van der Waals surface area (Å²) in [7, 11) is 0. The summed E-state index contributed by atoms with van der Waals surface area (Å²) in [5.41, 5.74) is 8.43. The highest BCUT2D eigenvalue weighted by atomic mass is 32.1. The second kappa shape index (κ2) is 6.10. The molecule has 2 rings (SSSR count). The summed E-state index contributed by atoms with van der Waals surface area (Å²) >= 11 is 1.40. The Morgan fingerprint density at radius 1 is 1.52 bits per heavy atom. The molecular weight excluding hydrogens is 284 g/mol. The molecule has 2 N–H and O–H groups in total. The SMILES string of the molecule is CCN(CCC#N)C(=O)c1sc2cc(C)nc(C)c2c1N. The van der Waals surface area contributed by atoms with Crippen LogP contribution in [0.1, 0.15) is 34.4 Å². The van der Waals surface area contributed by atoms with E-state index in [0.29, 0.717) is 30.1 Å². The van der Waals surface area contributed by atoms with Crippen LogP contribution in [0.15, 0.2) is 6.07 Å². The molecule has 2 heterocycles. The van der Waals surface area contributed by atoms with Crippen LogP contribution in [0.25, 0.3) is 10.1 Å². The number of thiophene rings is 1. The van der Waals surface area contributed by atoms with E-state index in [9.17, 15) is 4.79 Å². The zero-order chi connectivity index (χ0) is 15.6. The molecule has 0 aromatic carbocycles. The average Bonchev–Trinajstić information content (AvgIpc) is 2.76. The summed E-state index contributed by atoms with van der Waals surface area (Å²) in [6, 6.07) is 4.01. The number of hydrogen-bond donors (Lipinski definition) is 1. The molecule has 6 heteroatoms. The standard InChI is InChI=1S/C15H18N4OS/c1-4-19(7-5-6-16)15(20)14-13(17)12-10(3)18-9(2)8-11(12)21-14/h8H,4-5,7,17H2,1-3H3. The molecule has 0 aliphatic carbocycles. The number of nitrogens with two attached hydrogens (primary N) is 1. The topological polar surface area (TPSA) is 83.0 Å². The lowest BCUT2D eigenvalue weighted by molar-refractivity contribution is 0.0773. The fourth-order valence-corrected chi connectivity index (χ4v) is 3.61. The Balaban J connectivity index is 2.47. The molecule has 0 radical (unpaired) electrons. The van der Waals surface area contributed by atoms with Gasteiger partial charge < -0.3 is 10.6 Å². The van der Waals surface area contributed by atoms with Crippen molar-refractivity contribution in [2.45, 2.75) is 27.2 Å². The molecule has 0 spiro atoms. The fourth-order valence-electron chi connectivity index (χ4n) is 2.37. The van der Waals surface area contributed by atoms with E-state index in [1.54, 1.807) is 4.90 Å². The number of nitrogen functional groups attached to an aromatic ring is 1. The van der Waals surface area contributed by atoms with Gasteiger partial charge in [-0.15, -0.1) is 11.3 Å². The molecule has 1 amide bonds. The maximum Gasteiger partial charge on any atom is 0.266 e. The van der Waals surface area contributed by atoms with Crippen molar-refractivity contribution in [1.29, 1.82) is 5.26 Å². The molecular formula is C15H18N4OS. The predicted octanol–water partition coefficient (Wildman–Crippen LogP) is 2.87. The largest absolute Gasteiger partial charge is 0.397 e. The van der Waals surface area contributed by atoms with Crippen molar-refractivity contribution in [3.63, 3.8) is 0 Å². The van der Waals surface area contributed by atoms with Gasteiger partial charge in [0, 0.05) is 34.6 Å². The van der Waals surface area contributed by atoms with Gasteiger partial charge in [0.05, 0.1) is 18.2 Å². The minimum absolute atomic E-state index is 0.108. The average molecular weight is 302 g/mol. The second-order valence-electron chi connectivity index (χ2n) is 4.86. The first kappa shape index (κ1) is 15.3. The number of rotatable bonds is 4. The van der Waals surface area contributed by atoms with Crippen LogP contribution in [0.3, 0.4) is 0 Å². The van der Waals surface area contributed by atoms with E-state index in [4.69, 9.17) is 11.0 Å². The van der Waals surface area contributed by atoms with Crippen LogP contribution >= 0.6 is 11.3 Å². The van der Waals surface area contributed by atoms with Gasteiger partial charge >= 0.3 is 0 Å². The van der Waals surface area contributed by atoms with Crippen molar-refractivity contribution in [2.24, 2.45) is 0 Å². The smallest absolute Gasteiger partial charge is 0.266 e. The van der Waals surface area contributed by atoms with E-state index >= 15 is 0 Å². The summed E-state index contributed by atoms with van der Waals surface area (Å²) in [4.78, 5) is 19.2. The molecule has 110 valence electrons. The first-order valence-corrected chi connectivity index (χ1v) is 7.63. The summed E-state index contributed by atoms with van der Waals surface area (Å²) in [5, 5.41) is 9.55. The zero-order valence-corrected chi connectivity index (χ0v) is 13.3. The number of amides is 1. The number of fused-ring (bicyclic) bond motifs is 1. The molecule has 0 aliphatic heterocycles. The molecule has 2 aromatic heterocycles. The summed E-state index contributed by atoms with van der Waals surface area (Å²) < 4.78 is 0.984. The van der Waals surface area contributed by atoms with Gasteiger partial charge in [-0.3, -0.25) is 9.78 Å². The summed E-state index contributed by atoms with van der Waals surface area (Å²) in [6.45, 7) is 6.71. The fraction of sp³-hybridized carbons (Fsp3) is 0.400. The van der Waals surface area contributed by atoms with Crippen LogP contribution in [0.4, 0.5) is 5.69 Å². The van der Waals surface area contributed by atoms with E-state index in [2.05, 4.69) is 11.1 Å². The number of hydrogen-bond acceptors (Lipinski definition) is 5. The van der Waals surface area contributed by atoms with Gasteiger partial charge in [-0.05, 0) is 26.8 Å². The Kier molecular flexibility index (Phi) is 4.43. The van der Waals surface area contributed by atoms with Gasteiger partial charge in [0.2, 0.25) is 0 Å². The Labute approximate surface area is 128 Å². The molecule has 2 aromatic rings. The Bertz CT molecular complexity index is 729. The van der Waals surface area contributed by atoms with Gasteiger partial charge in [-0.2, -0.15) is 5.26 Å². The molecule has 0 saturated heterocycles. The number of pyridine rings is 1. The number of aryl methyl sites for hydroxylation is 2. The molecule has 0 bridgehead atoms. The molecule has 0 unspecified atom stereocenters. The maximum atomic E-state index is 12.6. The third-order valence-corrected chi connectivity index (χ3v) is 4.52. The molecule has 5 nitrogen and oxygen atoms in total. The van der Waals surface area contributed by atoms with Crippen LogP contribution in [0, 0.1) is 25.2 Å². The number of carbonyl (C=O) groups excluding carboxylic acids is 1. The van der Waals surface area contributed by atoms with Gasteiger partial charge in [0.15, 0.2) is 0 Å².